The highest BCUT2D eigenvalue weighted by molar-refractivity contribution is 5.81. The first-order chi connectivity index (χ1) is 9.96. The molecule has 1 amide bonds. The smallest absolute Gasteiger partial charge is 0.228 e. The van der Waals surface area contributed by atoms with Crippen LogP contribution >= 0.6 is 0 Å². The largest absolute Gasteiger partial charge is 0.339 e. The van der Waals surface area contributed by atoms with Gasteiger partial charge in [0.15, 0.2) is 0 Å². The average Bonchev–Trinajstić information content (AvgIpc) is 2.70. The van der Waals surface area contributed by atoms with Gasteiger partial charge in [0.25, 0.3) is 0 Å². The minimum atomic E-state index is -0.297. The number of hydrogen-bond donors (Lipinski definition) is 0. The van der Waals surface area contributed by atoms with E-state index in [9.17, 15) is 9.59 Å². The SMILES string of the molecule is CC(C)(C)C(=O)N(CCCCCC=O)C1CCCCCC1. The van der Waals surface area contributed by atoms with Gasteiger partial charge in [0, 0.05) is 24.4 Å². The maximum Gasteiger partial charge on any atom is 0.228 e. The lowest BCUT2D eigenvalue weighted by Crippen LogP contribution is -2.46. The second-order valence-corrected chi connectivity index (χ2v) is 7.41. The van der Waals surface area contributed by atoms with Gasteiger partial charge in [0.05, 0.1) is 0 Å². The van der Waals surface area contributed by atoms with E-state index >= 15 is 0 Å². The standard InChI is InChI=1S/C18H33NO2/c1-18(2,3)17(21)19(14-10-6-7-11-15-20)16-12-8-4-5-9-13-16/h15-16H,4-14H2,1-3H3. The summed E-state index contributed by atoms with van der Waals surface area (Å²) < 4.78 is 0. The van der Waals surface area contributed by atoms with Crippen LogP contribution in [0.3, 0.4) is 0 Å². The monoisotopic (exact) mass is 295 g/mol. The lowest BCUT2D eigenvalue weighted by molar-refractivity contribution is -0.142. The van der Waals surface area contributed by atoms with Crippen LogP contribution < -0.4 is 0 Å². The van der Waals surface area contributed by atoms with Gasteiger partial charge in [-0.25, -0.2) is 0 Å². The van der Waals surface area contributed by atoms with E-state index in [0.29, 0.717) is 18.4 Å². The minimum absolute atomic E-state index is 0.296. The van der Waals surface area contributed by atoms with Crippen LogP contribution in [0, 0.1) is 5.41 Å². The summed E-state index contributed by atoms with van der Waals surface area (Å²) in [5.41, 5.74) is -0.297. The molecule has 21 heavy (non-hydrogen) atoms. The van der Waals surface area contributed by atoms with Gasteiger partial charge in [-0.3, -0.25) is 4.79 Å². The summed E-state index contributed by atoms with van der Waals surface area (Å²) in [6.07, 6.45) is 12.1. The van der Waals surface area contributed by atoms with Crippen LogP contribution in [0.15, 0.2) is 0 Å². The molecule has 0 heterocycles. The maximum atomic E-state index is 12.8. The number of unbranched alkanes of at least 4 members (excludes halogenated alkanes) is 3. The number of amides is 1. The Morgan fingerprint density at radius 2 is 1.67 bits per heavy atom. The molecule has 122 valence electrons. The Morgan fingerprint density at radius 3 is 2.19 bits per heavy atom. The second-order valence-electron chi connectivity index (χ2n) is 7.41. The Hall–Kier alpha value is -0.860. The molecule has 0 spiro atoms. The van der Waals surface area contributed by atoms with Gasteiger partial charge in [-0.15, -0.1) is 0 Å². The van der Waals surface area contributed by atoms with Gasteiger partial charge in [-0.1, -0.05) is 52.9 Å². The quantitative estimate of drug-likeness (QED) is 0.398. The molecular formula is C18H33NO2. The highest BCUT2D eigenvalue weighted by atomic mass is 16.2. The lowest BCUT2D eigenvalue weighted by atomic mass is 9.92. The highest BCUT2D eigenvalue weighted by Crippen LogP contribution is 2.27. The van der Waals surface area contributed by atoms with E-state index in [1.165, 1.54) is 25.7 Å². The molecular weight excluding hydrogens is 262 g/mol. The molecule has 1 saturated carbocycles. The molecule has 3 heteroatoms. The third kappa shape index (κ3) is 6.62. The summed E-state index contributed by atoms with van der Waals surface area (Å²) in [5, 5.41) is 0. The van der Waals surface area contributed by atoms with Crippen LogP contribution in [-0.2, 0) is 9.59 Å². The summed E-state index contributed by atoms with van der Waals surface area (Å²) in [6, 6.07) is 0.435. The molecule has 1 aliphatic rings. The van der Waals surface area contributed by atoms with Gasteiger partial charge in [0.2, 0.25) is 5.91 Å². The fourth-order valence-electron chi connectivity index (χ4n) is 3.14. The van der Waals surface area contributed by atoms with Crippen molar-refractivity contribution >= 4 is 12.2 Å². The minimum Gasteiger partial charge on any atom is -0.339 e. The van der Waals surface area contributed by atoms with Crippen molar-refractivity contribution in [3.63, 3.8) is 0 Å². The molecule has 0 aromatic carbocycles. The Bertz CT molecular complexity index is 312. The predicted octanol–water partition coefficient (Wildman–Crippen LogP) is 4.34. The van der Waals surface area contributed by atoms with Gasteiger partial charge in [-0.05, 0) is 25.7 Å². The number of carbonyl (C=O) groups excluding carboxylic acids is 2. The first-order valence-electron chi connectivity index (χ1n) is 8.71. The maximum absolute atomic E-state index is 12.8. The van der Waals surface area contributed by atoms with Crippen LogP contribution in [0.5, 0.6) is 0 Å². The van der Waals surface area contributed by atoms with Crippen LogP contribution in [0.25, 0.3) is 0 Å². The third-order valence-corrected chi connectivity index (χ3v) is 4.39. The highest BCUT2D eigenvalue weighted by Gasteiger charge is 2.31. The molecule has 1 rings (SSSR count). The fraction of sp³-hybridized carbons (Fsp3) is 0.889. The summed E-state index contributed by atoms with van der Waals surface area (Å²) in [4.78, 5) is 25.3. The van der Waals surface area contributed by atoms with Crippen molar-refractivity contribution in [3.05, 3.63) is 0 Å². The second kappa shape index (κ2) is 9.22. The molecule has 0 bridgehead atoms. The van der Waals surface area contributed by atoms with Gasteiger partial charge in [-0.2, -0.15) is 0 Å². The van der Waals surface area contributed by atoms with Gasteiger partial charge < -0.3 is 9.69 Å². The summed E-state index contributed by atoms with van der Waals surface area (Å²) in [7, 11) is 0. The van der Waals surface area contributed by atoms with Crippen LogP contribution in [-0.4, -0.2) is 29.7 Å². The Morgan fingerprint density at radius 1 is 1.05 bits per heavy atom. The number of rotatable bonds is 7. The number of nitrogens with zero attached hydrogens (tertiary/aromatic N) is 1. The third-order valence-electron chi connectivity index (χ3n) is 4.39. The van der Waals surface area contributed by atoms with Crippen molar-refractivity contribution in [3.8, 4) is 0 Å². The molecule has 0 unspecified atom stereocenters. The van der Waals surface area contributed by atoms with Crippen molar-refractivity contribution in [2.24, 2.45) is 5.41 Å². The van der Waals surface area contributed by atoms with E-state index in [1.807, 2.05) is 20.8 Å². The van der Waals surface area contributed by atoms with E-state index < -0.39 is 0 Å². The topological polar surface area (TPSA) is 37.4 Å². The normalized spacial score (nSPS) is 17.3. The van der Waals surface area contributed by atoms with Crippen LogP contribution in [0.4, 0.5) is 0 Å². The number of hydrogen-bond acceptors (Lipinski definition) is 2. The molecule has 1 fully saturated rings. The fourth-order valence-corrected chi connectivity index (χ4v) is 3.14. The van der Waals surface area contributed by atoms with Crippen molar-refractivity contribution in [2.75, 3.05) is 6.54 Å². The molecule has 0 aromatic heterocycles. The van der Waals surface area contributed by atoms with Crippen LogP contribution in [0.2, 0.25) is 0 Å². The zero-order valence-corrected chi connectivity index (χ0v) is 14.2. The Balaban J connectivity index is 2.60. The molecule has 0 saturated heterocycles. The van der Waals surface area contributed by atoms with Crippen molar-refractivity contribution in [1.29, 1.82) is 0 Å². The molecule has 0 N–H and O–H groups in total. The molecule has 3 nitrogen and oxygen atoms in total. The molecule has 0 aliphatic heterocycles. The van der Waals surface area contributed by atoms with Crippen molar-refractivity contribution < 1.29 is 9.59 Å². The van der Waals surface area contributed by atoms with Crippen molar-refractivity contribution in [1.82, 2.24) is 4.90 Å². The van der Waals surface area contributed by atoms with E-state index in [-0.39, 0.29) is 5.41 Å². The number of carbonyl (C=O) groups is 2. The average molecular weight is 295 g/mol. The van der Waals surface area contributed by atoms with Crippen molar-refractivity contribution in [2.45, 2.75) is 91.0 Å². The molecule has 0 atom stereocenters. The van der Waals surface area contributed by atoms with Gasteiger partial charge in [0.1, 0.15) is 6.29 Å². The van der Waals surface area contributed by atoms with E-state index in [0.717, 1.165) is 44.9 Å². The first kappa shape index (κ1) is 18.2. The Kier molecular flexibility index (Phi) is 7.98. The van der Waals surface area contributed by atoms with E-state index in [1.54, 1.807) is 0 Å². The lowest BCUT2D eigenvalue weighted by Gasteiger charge is -2.36. The first-order valence-corrected chi connectivity index (χ1v) is 8.71. The molecule has 1 aliphatic carbocycles. The molecule has 0 radical (unpaired) electrons. The zero-order valence-electron chi connectivity index (χ0n) is 14.2. The Labute approximate surface area is 130 Å². The van der Waals surface area contributed by atoms with E-state index in [4.69, 9.17) is 0 Å². The van der Waals surface area contributed by atoms with E-state index in [2.05, 4.69) is 4.90 Å². The summed E-state index contributed by atoms with van der Waals surface area (Å²) in [5.74, 6) is 0.296. The summed E-state index contributed by atoms with van der Waals surface area (Å²) >= 11 is 0. The van der Waals surface area contributed by atoms with Crippen LogP contribution in [0.1, 0.15) is 85.0 Å². The molecule has 0 aromatic rings. The zero-order chi connectivity index (χ0) is 15.7. The summed E-state index contributed by atoms with van der Waals surface area (Å²) in [6.45, 7) is 6.92. The number of aldehydes is 1. The predicted molar refractivity (Wildman–Crippen MR) is 87.2 cm³/mol. The van der Waals surface area contributed by atoms with Gasteiger partial charge >= 0.3 is 0 Å².